The molecular formula is C20H20ClN5OS. The second-order valence-corrected chi connectivity index (χ2v) is 7.68. The Morgan fingerprint density at radius 1 is 1.11 bits per heavy atom. The maximum absolute atomic E-state index is 6.03. The highest BCUT2D eigenvalue weighted by atomic mass is 35.5. The van der Waals surface area contributed by atoms with Crippen LogP contribution in [0.25, 0.3) is 17.0 Å². The van der Waals surface area contributed by atoms with Gasteiger partial charge in [-0.2, -0.15) is 0 Å². The average Bonchev–Trinajstić information content (AvgIpc) is 3.31. The molecule has 144 valence electrons. The number of hydrogen-bond donors (Lipinski definition) is 0. The second-order valence-electron chi connectivity index (χ2n) is 6.30. The molecule has 0 unspecified atom stereocenters. The fourth-order valence-corrected chi connectivity index (χ4v) is 3.95. The maximum Gasteiger partial charge on any atom is 0.191 e. The molecule has 0 radical (unpaired) electrons. The van der Waals surface area contributed by atoms with Crippen LogP contribution < -0.4 is 0 Å². The van der Waals surface area contributed by atoms with Crippen molar-refractivity contribution in [1.29, 1.82) is 0 Å². The summed E-state index contributed by atoms with van der Waals surface area (Å²) < 4.78 is 9.38. The van der Waals surface area contributed by atoms with E-state index in [2.05, 4.69) is 19.7 Å². The van der Waals surface area contributed by atoms with Crippen LogP contribution in [-0.2, 0) is 17.0 Å². The van der Waals surface area contributed by atoms with E-state index in [-0.39, 0.29) is 0 Å². The van der Waals surface area contributed by atoms with Gasteiger partial charge in [-0.15, -0.1) is 10.2 Å². The number of pyridine rings is 1. The van der Waals surface area contributed by atoms with Crippen LogP contribution in [0.5, 0.6) is 0 Å². The van der Waals surface area contributed by atoms with E-state index in [9.17, 15) is 0 Å². The average molecular weight is 414 g/mol. The van der Waals surface area contributed by atoms with Gasteiger partial charge in [0.1, 0.15) is 5.65 Å². The van der Waals surface area contributed by atoms with Crippen LogP contribution in [0.1, 0.15) is 12.1 Å². The molecule has 0 aliphatic carbocycles. The lowest BCUT2D eigenvalue weighted by Gasteiger charge is -2.10. The predicted octanol–water partition coefficient (Wildman–Crippen LogP) is 4.58. The molecule has 0 saturated carbocycles. The quantitative estimate of drug-likeness (QED) is 0.312. The number of imidazole rings is 1. The first-order valence-corrected chi connectivity index (χ1v) is 10.3. The van der Waals surface area contributed by atoms with Gasteiger partial charge in [-0.25, -0.2) is 4.98 Å². The SMILES string of the molecule is COCCCn1c(SCc2cn3ccccc3n2)nnc1-c1ccc(Cl)cc1. The molecule has 0 spiro atoms. The first kappa shape index (κ1) is 19.0. The van der Waals surface area contributed by atoms with Crippen molar-refractivity contribution in [1.82, 2.24) is 24.1 Å². The Balaban J connectivity index is 1.57. The van der Waals surface area contributed by atoms with Gasteiger partial charge in [0, 0.05) is 49.0 Å². The Hall–Kier alpha value is -2.35. The Morgan fingerprint density at radius 3 is 2.75 bits per heavy atom. The molecule has 3 heterocycles. The first-order chi connectivity index (χ1) is 13.7. The molecule has 0 aliphatic heterocycles. The minimum atomic E-state index is 0.689. The number of fused-ring (bicyclic) bond motifs is 1. The molecule has 4 aromatic rings. The van der Waals surface area contributed by atoms with Gasteiger partial charge in [0.25, 0.3) is 0 Å². The van der Waals surface area contributed by atoms with Crippen molar-refractivity contribution in [3.63, 3.8) is 0 Å². The number of halogens is 1. The summed E-state index contributed by atoms with van der Waals surface area (Å²) in [5.74, 6) is 1.57. The van der Waals surface area contributed by atoms with E-state index >= 15 is 0 Å². The van der Waals surface area contributed by atoms with E-state index in [1.165, 1.54) is 0 Å². The molecule has 0 N–H and O–H groups in total. The van der Waals surface area contributed by atoms with E-state index in [0.717, 1.165) is 46.6 Å². The van der Waals surface area contributed by atoms with Crippen molar-refractivity contribution in [3.8, 4) is 11.4 Å². The zero-order valence-corrected chi connectivity index (χ0v) is 17.0. The van der Waals surface area contributed by atoms with Crippen molar-refractivity contribution in [2.45, 2.75) is 23.9 Å². The van der Waals surface area contributed by atoms with Gasteiger partial charge >= 0.3 is 0 Å². The van der Waals surface area contributed by atoms with Crippen molar-refractivity contribution in [3.05, 3.63) is 65.6 Å². The minimum absolute atomic E-state index is 0.689. The van der Waals surface area contributed by atoms with E-state index in [1.807, 2.05) is 59.3 Å². The van der Waals surface area contributed by atoms with Crippen LogP contribution in [0.2, 0.25) is 5.02 Å². The van der Waals surface area contributed by atoms with E-state index in [4.69, 9.17) is 16.3 Å². The first-order valence-electron chi connectivity index (χ1n) is 8.98. The third kappa shape index (κ3) is 4.22. The van der Waals surface area contributed by atoms with Crippen molar-refractivity contribution in [2.24, 2.45) is 0 Å². The molecule has 28 heavy (non-hydrogen) atoms. The van der Waals surface area contributed by atoms with Gasteiger partial charge < -0.3 is 13.7 Å². The van der Waals surface area contributed by atoms with Crippen LogP contribution in [0.15, 0.2) is 60.0 Å². The standard InChI is InChI=1S/C20H20ClN5OS/c1-27-12-4-11-26-19(15-6-8-16(21)9-7-15)23-24-20(26)28-14-17-13-25-10-3-2-5-18(25)22-17/h2-3,5-10,13H,4,11-12,14H2,1H3. The van der Waals surface area contributed by atoms with Crippen LogP contribution in [0.3, 0.4) is 0 Å². The number of rotatable bonds is 8. The molecule has 0 amide bonds. The van der Waals surface area contributed by atoms with Gasteiger partial charge in [-0.1, -0.05) is 29.4 Å². The Bertz CT molecular complexity index is 1030. The van der Waals surface area contributed by atoms with E-state index in [0.29, 0.717) is 11.6 Å². The number of aromatic nitrogens is 5. The van der Waals surface area contributed by atoms with Gasteiger partial charge in [-0.3, -0.25) is 0 Å². The summed E-state index contributed by atoms with van der Waals surface area (Å²) >= 11 is 7.66. The summed E-state index contributed by atoms with van der Waals surface area (Å²) in [5, 5.41) is 10.4. The second kappa shape index (κ2) is 8.77. The number of benzene rings is 1. The van der Waals surface area contributed by atoms with Gasteiger partial charge in [0.15, 0.2) is 11.0 Å². The smallest absolute Gasteiger partial charge is 0.191 e. The molecule has 8 heteroatoms. The zero-order valence-electron chi connectivity index (χ0n) is 15.5. The van der Waals surface area contributed by atoms with Crippen molar-refractivity contribution in [2.75, 3.05) is 13.7 Å². The lowest BCUT2D eigenvalue weighted by Crippen LogP contribution is -2.05. The summed E-state index contributed by atoms with van der Waals surface area (Å²) in [6.07, 6.45) is 4.94. The Morgan fingerprint density at radius 2 is 1.96 bits per heavy atom. The number of ether oxygens (including phenoxy) is 1. The zero-order chi connectivity index (χ0) is 19.3. The summed E-state index contributed by atoms with van der Waals surface area (Å²) in [5.41, 5.74) is 2.95. The number of nitrogens with zero attached hydrogens (tertiary/aromatic N) is 5. The van der Waals surface area contributed by atoms with Gasteiger partial charge in [-0.05, 0) is 42.8 Å². The molecule has 0 bridgehead atoms. The van der Waals surface area contributed by atoms with E-state index in [1.54, 1.807) is 18.9 Å². The van der Waals surface area contributed by atoms with Gasteiger partial charge in [0.05, 0.1) is 5.69 Å². The molecular weight excluding hydrogens is 394 g/mol. The molecule has 1 aromatic carbocycles. The maximum atomic E-state index is 6.03. The molecule has 0 atom stereocenters. The normalized spacial score (nSPS) is 11.4. The third-order valence-corrected chi connectivity index (χ3v) is 5.56. The lowest BCUT2D eigenvalue weighted by atomic mass is 10.2. The number of hydrogen-bond acceptors (Lipinski definition) is 5. The fourth-order valence-electron chi connectivity index (χ4n) is 2.97. The highest BCUT2D eigenvalue weighted by Gasteiger charge is 2.15. The van der Waals surface area contributed by atoms with Gasteiger partial charge in [0.2, 0.25) is 0 Å². The van der Waals surface area contributed by atoms with Crippen LogP contribution >= 0.6 is 23.4 Å². The molecule has 3 aromatic heterocycles. The van der Waals surface area contributed by atoms with Crippen LogP contribution in [0.4, 0.5) is 0 Å². The number of thioether (sulfide) groups is 1. The summed E-state index contributed by atoms with van der Waals surface area (Å²) in [6, 6.07) is 13.7. The largest absolute Gasteiger partial charge is 0.385 e. The minimum Gasteiger partial charge on any atom is -0.385 e. The van der Waals surface area contributed by atoms with Crippen molar-refractivity contribution >= 4 is 29.0 Å². The highest BCUT2D eigenvalue weighted by molar-refractivity contribution is 7.98. The molecule has 0 saturated heterocycles. The molecule has 6 nitrogen and oxygen atoms in total. The molecule has 0 fully saturated rings. The van der Waals surface area contributed by atoms with Crippen LogP contribution in [0, 0.1) is 0 Å². The summed E-state index contributed by atoms with van der Waals surface area (Å²) in [7, 11) is 1.71. The Labute approximate surface area is 172 Å². The molecule has 4 rings (SSSR count). The Kier molecular flexibility index (Phi) is 5.95. The predicted molar refractivity (Wildman–Crippen MR) is 112 cm³/mol. The van der Waals surface area contributed by atoms with E-state index < -0.39 is 0 Å². The highest BCUT2D eigenvalue weighted by Crippen LogP contribution is 2.27. The molecule has 0 aliphatic rings. The summed E-state index contributed by atoms with van der Waals surface area (Å²) in [6.45, 7) is 1.47. The monoisotopic (exact) mass is 413 g/mol. The lowest BCUT2D eigenvalue weighted by molar-refractivity contribution is 0.189. The van der Waals surface area contributed by atoms with Crippen molar-refractivity contribution < 1.29 is 4.74 Å². The topological polar surface area (TPSA) is 57.2 Å². The number of methoxy groups -OCH3 is 1. The third-order valence-electron chi connectivity index (χ3n) is 4.31. The summed E-state index contributed by atoms with van der Waals surface area (Å²) in [4.78, 5) is 4.66. The van der Waals surface area contributed by atoms with Crippen LogP contribution in [-0.4, -0.2) is 37.9 Å². The fraction of sp³-hybridized carbons (Fsp3) is 0.250.